The highest BCUT2D eigenvalue weighted by molar-refractivity contribution is 6.30. The lowest BCUT2D eigenvalue weighted by Crippen LogP contribution is -2.22. The van der Waals surface area contributed by atoms with Gasteiger partial charge in [-0.25, -0.2) is 13.8 Å². The maximum atomic E-state index is 13.3. The number of hydrogen-bond acceptors (Lipinski definition) is 3. The Labute approximate surface area is 126 Å². The van der Waals surface area contributed by atoms with E-state index in [4.69, 9.17) is 16.3 Å². The Kier molecular flexibility index (Phi) is 5.09. The molecule has 3 nitrogen and oxygen atoms in total. The molecule has 6 heteroatoms. The van der Waals surface area contributed by atoms with E-state index >= 15 is 0 Å². The van der Waals surface area contributed by atoms with E-state index in [9.17, 15) is 8.78 Å². The third kappa shape index (κ3) is 4.37. The number of nitrogens with zero attached hydrogens (tertiary/aromatic N) is 1. The molecule has 0 unspecified atom stereocenters. The molecule has 0 aliphatic heterocycles. The molecule has 0 amide bonds. The zero-order chi connectivity index (χ0) is 15.4. The van der Waals surface area contributed by atoms with Crippen molar-refractivity contribution in [2.75, 3.05) is 0 Å². The van der Waals surface area contributed by atoms with Crippen molar-refractivity contribution >= 4 is 11.6 Å². The van der Waals surface area contributed by atoms with Crippen molar-refractivity contribution in [2.24, 2.45) is 0 Å². The number of aromatic nitrogens is 1. The number of benzene rings is 1. The summed E-state index contributed by atoms with van der Waals surface area (Å²) in [7, 11) is 0. The van der Waals surface area contributed by atoms with Crippen molar-refractivity contribution in [3.05, 3.63) is 52.7 Å². The molecular formula is C15H15ClF2N2O. The van der Waals surface area contributed by atoms with E-state index in [1.54, 1.807) is 0 Å². The van der Waals surface area contributed by atoms with Gasteiger partial charge in [0.15, 0.2) is 0 Å². The van der Waals surface area contributed by atoms with Crippen LogP contribution >= 0.6 is 11.6 Å². The number of nitrogens with one attached hydrogen (secondary N) is 1. The summed E-state index contributed by atoms with van der Waals surface area (Å²) in [4.78, 5) is 3.93. The van der Waals surface area contributed by atoms with Crippen molar-refractivity contribution in [1.29, 1.82) is 0 Å². The van der Waals surface area contributed by atoms with Crippen molar-refractivity contribution in [2.45, 2.75) is 26.4 Å². The lowest BCUT2D eigenvalue weighted by Gasteiger charge is -2.13. The third-order valence-electron chi connectivity index (χ3n) is 2.70. The standard InChI is InChI=1S/C15H15ClF2N2O/c1-9(2)19-7-10-5-11(17)8-20-15(10)21-12-3-4-14(18)13(16)6-12/h3-6,8-9,19H,7H2,1-2H3. The Morgan fingerprint density at radius 3 is 2.71 bits per heavy atom. The zero-order valence-corrected chi connectivity index (χ0v) is 12.4. The largest absolute Gasteiger partial charge is 0.439 e. The second-order valence-corrected chi connectivity index (χ2v) is 5.24. The summed E-state index contributed by atoms with van der Waals surface area (Å²) in [6.45, 7) is 4.37. The topological polar surface area (TPSA) is 34.2 Å². The van der Waals surface area contributed by atoms with Gasteiger partial charge in [-0.3, -0.25) is 0 Å². The van der Waals surface area contributed by atoms with Crippen LogP contribution in [0, 0.1) is 11.6 Å². The van der Waals surface area contributed by atoms with Crippen LogP contribution < -0.4 is 10.1 Å². The normalized spacial score (nSPS) is 11.0. The minimum Gasteiger partial charge on any atom is -0.439 e. The van der Waals surface area contributed by atoms with E-state index in [-0.39, 0.29) is 16.9 Å². The summed E-state index contributed by atoms with van der Waals surface area (Å²) in [5.74, 6) is -0.378. The molecule has 0 radical (unpaired) electrons. The highest BCUT2D eigenvalue weighted by Gasteiger charge is 2.10. The summed E-state index contributed by atoms with van der Waals surface area (Å²) in [6, 6.07) is 5.57. The van der Waals surface area contributed by atoms with Crippen LogP contribution in [-0.2, 0) is 6.54 Å². The lowest BCUT2D eigenvalue weighted by molar-refractivity contribution is 0.444. The van der Waals surface area contributed by atoms with E-state index in [0.29, 0.717) is 17.9 Å². The summed E-state index contributed by atoms with van der Waals surface area (Å²) in [5, 5.41) is 3.12. The molecule has 2 rings (SSSR count). The van der Waals surface area contributed by atoms with Gasteiger partial charge < -0.3 is 10.1 Å². The number of pyridine rings is 1. The van der Waals surface area contributed by atoms with Gasteiger partial charge in [-0.1, -0.05) is 25.4 Å². The van der Waals surface area contributed by atoms with Gasteiger partial charge in [0.1, 0.15) is 17.4 Å². The molecule has 0 bridgehead atoms. The fourth-order valence-electron chi connectivity index (χ4n) is 1.65. The van der Waals surface area contributed by atoms with E-state index in [2.05, 4.69) is 10.3 Å². The van der Waals surface area contributed by atoms with Gasteiger partial charge in [0.25, 0.3) is 0 Å². The second-order valence-electron chi connectivity index (χ2n) is 4.83. The Balaban J connectivity index is 2.23. The lowest BCUT2D eigenvalue weighted by atomic mass is 10.2. The average molecular weight is 313 g/mol. The smallest absolute Gasteiger partial charge is 0.223 e. The maximum Gasteiger partial charge on any atom is 0.223 e. The average Bonchev–Trinajstić information content (AvgIpc) is 2.43. The van der Waals surface area contributed by atoms with Gasteiger partial charge in [0.2, 0.25) is 5.88 Å². The Hall–Kier alpha value is -1.72. The van der Waals surface area contributed by atoms with Gasteiger partial charge in [-0.05, 0) is 18.2 Å². The molecule has 1 aromatic heterocycles. The van der Waals surface area contributed by atoms with Gasteiger partial charge in [0.05, 0.1) is 11.2 Å². The van der Waals surface area contributed by atoms with Crippen LogP contribution in [0.1, 0.15) is 19.4 Å². The fourth-order valence-corrected chi connectivity index (χ4v) is 1.82. The zero-order valence-electron chi connectivity index (χ0n) is 11.7. The second kappa shape index (κ2) is 6.83. The first-order valence-corrected chi connectivity index (χ1v) is 6.84. The summed E-state index contributed by atoms with van der Waals surface area (Å²) >= 11 is 5.70. The van der Waals surface area contributed by atoms with Crippen LogP contribution in [0.2, 0.25) is 5.02 Å². The molecular weight excluding hydrogens is 298 g/mol. The van der Waals surface area contributed by atoms with E-state index in [0.717, 1.165) is 6.20 Å². The van der Waals surface area contributed by atoms with E-state index in [1.807, 2.05) is 13.8 Å². The predicted octanol–water partition coefficient (Wildman–Crippen LogP) is 4.30. The van der Waals surface area contributed by atoms with Gasteiger partial charge >= 0.3 is 0 Å². The first-order chi connectivity index (χ1) is 9.95. The molecule has 2 aromatic rings. The summed E-state index contributed by atoms with van der Waals surface area (Å²) in [6.07, 6.45) is 1.07. The molecule has 0 spiro atoms. The molecule has 0 saturated carbocycles. The molecule has 0 aliphatic rings. The first-order valence-electron chi connectivity index (χ1n) is 6.46. The molecule has 1 N–H and O–H groups in total. The van der Waals surface area contributed by atoms with Crippen molar-refractivity contribution < 1.29 is 13.5 Å². The van der Waals surface area contributed by atoms with Gasteiger partial charge in [-0.15, -0.1) is 0 Å². The molecule has 0 fully saturated rings. The highest BCUT2D eigenvalue weighted by Crippen LogP contribution is 2.27. The van der Waals surface area contributed by atoms with Crippen LogP contribution in [0.5, 0.6) is 11.6 Å². The maximum absolute atomic E-state index is 13.3. The van der Waals surface area contributed by atoms with Gasteiger partial charge in [-0.2, -0.15) is 0 Å². The number of rotatable bonds is 5. The fraction of sp³-hybridized carbons (Fsp3) is 0.267. The minimum absolute atomic E-state index is 0.0449. The number of ether oxygens (including phenoxy) is 1. The van der Waals surface area contributed by atoms with Gasteiger partial charge in [0, 0.05) is 24.2 Å². The Bertz CT molecular complexity index is 635. The summed E-state index contributed by atoms with van der Waals surface area (Å²) < 4.78 is 32.0. The van der Waals surface area contributed by atoms with E-state index < -0.39 is 11.6 Å². The Morgan fingerprint density at radius 2 is 2.05 bits per heavy atom. The van der Waals surface area contributed by atoms with E-state index in [1.165, 1.54) is 24.3 Å². The van der Waals surface area contributed by atoms with Crippen LogP contribution in [0.15, 0.2) is 30.5 Å². The molecule has 0 saturated heterocycles. The van der Waals surface area contributed by atoms with Crippen LogP contribution in [0.25, 0.3) is 0 Å². The third-order valence-corrected chi connectivity index (χ3v) is 2.99. The molecule has 1 aromatic carbocycles. The van der Waals surface area contributed by atoms with Crippen molar-refractivity contribution in [1.82, 2.24) is 10.3 Å². The molecule has 0 atom stereocenters. The van der Waals surface area contributed by atoms with Crippen molar-refractivity contribution in [3.8, 4) is 11.6 Å². The molecule has 0 aliphatic carbocycles. The Morgan fingerprint density at radius 1 is 1.29 bits per heavy atom. The molecule has 21 heavy (non-hydrogen) atoms. The molecule has 1 heterocycles. The van der Waals surface area contributed by atoms with Crippen LogP contribution in [0.3, 0.4) is 0 Å². The summed E-state index contributed by atoms with van der Waals surface area (Å²) in [5.41, 5.74) is 0.573. The minimum atomic E-state index is -0.530. The predicted molar refractivity (Wildman–Crippen MR) is 77.7 cm³/mol. The van der Waals surface area contributed by atoms with Crippen LogP contribution in [-0.4, -0.2) is 11.0 Å². The monoisotopic (exact) mass is 312 g/mol. The quantitative estimate of drug-likeness (QED) is 0.893. The van der Waals surface area contributed by atoms with Crippen molar-refractivity contribution in [3.63, 3.8) is 0 Å². The van der Waals surface area contributed by atoms with Crippen LogP contribution in [0.4, 0.5) is 8.78 Å². The SMILES string of the molecule is CC(C)NCc1cc(F)cnc1Oc1ccc(F)c(Cl)c1. The number of halogens is 3. The number of hydrogen-bond donors (Lipinski definition) is 1. The first kappa shape index (κ1) is 15.7. The highest BCUT2D eigenvalue weighted by atomic mass is 35.5. The molecule has 112 valence electrons.